The number of aromatic nitrogens is 2. The average Bonchev–Trinajstić information content (AvgIpc) is 2.09. The number of carbonyl (C=O) groups excluding carboxylic acids is 1. The van der Waals surface area contributed by atoms with Crippen LogP contribution in [0, 0.1) is 6.92 Å². The molecule has 0 fully saturated rings. The number of amides is 1. The summed E-state index contributed by atoms with van der Waals surface area (Å²) < 4.78 is 0. The second-order valence-corrected chi connectivity index (χ2v) is 2.60. The Labute approximate surface area is 76.6 Å². The Morgan fingerprint density at radius 1 is 1.46 bits per heavy atom. The molecule has 0 aromatic carbocycles. The smallest absolute Gasteiger partial charge is 0.238 e. The van der Waals surface area contributed by atoms with Crippen LogP contribution < -0.4 is 10.6 Å². The first-order chi connectivity index (χ1) is 6.22. The van der Waals surface area contributed by atoms with E-state index in [0.29, 0.717) is 11.5 Å². The van der Waals surface area contributed by atoms with Gasteiger partial charge in [-0.15, -0.1) is 0 Å². The van der Waals surface area contributed by atoms with E-state index in [2.05, 4.69) is 20.6 Å². The van der Waals surface area contributed by atoms with Gasteiger partial charge in [-0.05, 0) is 14.0 Å². The number of nitrogens with zero attached hydrogens (tertiary/aromatic N) is 2. The van der Waals surface area contributed by atoms with Gasteiger partial charge in [-0.1, -0.05) is 0 Å². The summed E-state index contributed by atoms with van der Waals surface area (Å²) in [6, 6.07) is 0. The molecular formula is C8H12N4O. The van der Waals surface area contributed by atoms with Gasteiger partial charge in [0.15, 0.2) is 0 Å². The number of carbonyl (C=O) groups is 1. The van der Waals surface area contributed by atoms with E-state index in [0.717, 1.165) is 0 Å². The molecule has 0 aliphatic carbocycles. The summed E-state index contributed by atoms with van der Waals surface area (Å²) in [5, 5.41) is 5.39. The van der Waals surface area contributed by atoms with Gasteiger partial charge in [0.2, 0.25) is 5.91 Å². The zero-order valence-corrected chi connectivity index (χ0v) is 7.66. The zero-order valence-electron chi connectivity index (χ0n) is 7.66. The Morgan fingerprint density at radius 2 is 2.08 bits per heavy atom. The van der Waals surface area contributed by atoms with Crippen LogP contribution in [0.4, 0.5) is 5.69 Å². The van der Waals surface area contributed by atoms with Crippen molar-refractivity contribution >= 4 is 11.6 Å². The molecule has 0 radical (unpaired) electrons. The Hall–Kier alpha value is -1.49. The summed E-state index contributed by atoms with van der Waals surface area (Å²) >= 11 is 0. The highest BCUT2D eigenvalue weighted by atomic mass is 16.1. The largest absolute Gasteiger partial charge is 0.322 e. The summed E-state index contributed by atoms with van der Waals surface area (Å²) in [5.74, 6) is 0.585. The van der Waals surface area contributed by atoms with Crippen LogP contribution in [0.1, 0.15) is 5.82 Å². The van der Waals surface area contributed by atoms with E-state index in [4.69, 9.17) is 0 Å². The van der Waals surface area contributed by atoms with E-state index >= 15 is 0 Å². The SMILES string of the molecule is CNCC(=O)Nc1cnc(C)nc1. The molecule has 1 rings (SSSR count). The van der Waals surface area contributed by atoms with Crippen molar-refractivity contribution in [3.8, 4) is 0 Å². The third-order valence-electron chi connectivity index (χ3n) is 1.40. The highest BCUT2D eigenvalue weighted by molar-refractivity contribution is 5.91. The molecule has 13 heavy (non-hydrogen) atoms. The minimum Gasteiger partial charge on any atom is -0.322 e. The van der Waals surface area contributed by atoms with Crippen molar-refractivity contribution in [3.05, 3.63) is 18.2 Å². The van der Waals surface area contributed by atoms with Crippen molar-refractivity contribution < 1.29 is 4.79 Å². The molecule has 0 aliphatic heterocycles. The molecule has 0 unspecified atom stereocenters. The number of anilines is 1. The molecule has 1 aromatic heterocycles. The van der Waals surface area contributed by atoms with Gasteiger partial charge in [0.05, 0.1) is 24.6 Å². The summed E-state index contributed by atoms with van der Waals surface area (Å²) in [4.78, 5) is 19.0. The molecule has 0 saturated heterocycles. The van der Waals surface area contributed by atoms with Crippen LogP contribution in [0.15, 0.2) is 12.4 Å². The maximum absolute atomic E-state index is 11.1. The number of rotatable bonds is 3. The second kappa shape index (κ2) is 4.51. The minimum atomic E-state index is -0.102. The van der Waals surface area contributed by atoms with Crippen molar-refractivity contribution in [3.63, 3.8) is 0 Å². The number of nitrogens with one attached hydrogen (secondary N) is 2. The van der Waals surface area contributed by atoms with E-state index in [-0.39, 0.29) is 12.5 Å². The van der Waals surface area contributed by atoms with Crippen molar-refractivity contribution in [1.29, 1.82) is 0 Å². The zero-order chi connectivity index (χ0) is 9.68. The molecular weight excluding hydrogens is 168 g/mol. The molecule has 1 heterocycles. The predicted octanol–water partition coefficient (Wildman–Crippen LogP) is -0.0571. The third kappa shape index (κ3) is 3.16. The average molecular weight is 180 g/mol. The molecule has 0 saturated carbocycles. The molecule has 1 aromatic rings. The maximum Gasteiger partial charge on any atom is 0.238 e. The van der Waals surface area contributed by atoms with Crippen LogP contribution in [-0.2, 0) is 4.79 Å². The van der Waals surface area contributed by atoms with Crippen molar-refractivity contribution in [2.45, 2.75) is 6.92 Å². The third-order valence-corrected chi connectivity index (χ3v) is 1.40. The highest BCUT2D eigenvalue weighted by Gasteiger charge is 1.99. The predicted molar refractivity (Wildman–Crippen MR) is 49.3 cm³/mol. The normalized spacial score (nSPS) is 9.69. The van der Waals surface area contributed by atoms with Gasteiger partial charge >= 0.3 is 0 Å². The van der Waals surface area contributed by atoms with E-state index in [1.54, 1.807) is 26.4 Å². The number of hydrogen-bond donors (Lipinski definition) is 2. The van der Waals surface area contributed by atoms with Crippen molar-refractivity contribution in [1.82, 2.24) is 15.3 Å². The Bertz CT molecular complexity index is 283. The molecule has 0 aliphatic rings. The molecule has 70 valence electrons. The van der Waals surface area contributed by atoms with E-state index in [9.17, 15) is 4.79 Å². The van der Waals surface area contributed by atoms with E-state index < -0.39 is 0 Å². The minimum absolute atomic E-state index is 0.102. The number of aryl methyl sites for hydroxylation is 1. The maximum atomic E-state index is 11.1. The van der Waals surface area contributed by atoms with Gasteiger partial charge in [-0.25, -0.2) is 9.97 Å². The Balaban J connectivity index is 2.54. The fraction of sp³-hybridized carbons (Fsp3) is 0.375. The molecule has 1 amide bonds. The molecule has 0 spiro atoms. The lowest BCUT2D eigenvalue weighted by Crippen LogP contribution is -2.25. The quantitative estimate of drug-likeness (QED) is 0.684. The van der Waals surface area contributed by atoms with Gasteiger partial charge in [0.1, 0.15) is 5.82 Å². The summed E-state index contributed by atoms with van der Waals surface area (Å²) in [6.45, 7) is 2.08. The topological polar surface area (TPSA) is 66.9 Å². The molecule has 0 atom stereocenters. The first-order valence-corrected chi connectivity index (χ1v) is 3.95. The van der Waals surface area contributed by atoms with Gasteiger partial charge in [0.25, 0.3) is 0 Å². The molecule has 0 bridgehead atoms. The first-order valence-electron chi connectivity index (χ1n) is 3.95. The molecule has 2 N–H and O–H groups in total. The summed E-state index contributed by atoms with van der Waals surface area (Å²) in [5.41, 5.74) is 0.617. The first kappa shape index (κ1) is 9.60. The van der Waals surface area contributed by atoms with Crippen LogP contribution in [0.5, 0.6) is 0 Å². The van der Waals surface area contributed by atoms with Gasteiger partial charge in [0, 0.05) is 0 Å². The second-order valence-electron chi connectivity index (χ2n) is 2.60. The van der Waals surface area contributed by atoms with Gasteiger partial charge < -0.3 is 10.6 Å². The van der Waals surface area contributed by atoms with Crippen molar-refractivity contribution in [2.24, 2.45) is 0 Å². The lowest BCUT2D eigenvalue weighted by atomic mass is 10.4. The van der Waals surface area contributed by atoms with E-state index in [1.807, 2.05) is 0 Å². The van der Waals surface area contributed by atoms with Crippen molar-refractivity contribution in [2.75, 3.05) is 18.9 Å². The number of likely N-dealkylation sites (N-methyl/N-ethyl adjacent to an activating group) is 1. The lowest BCUT2D eigenvalue weighted by Gasteiger charge is -2.02. The Kier molecular flexibility index (Phi) is 3.33. The van der Waals surface area contributed by atoms with Gasteiger partial charge in [-0.2, -0.15) is 0 Å². The summed E-state index contributed by atoms with van der Waals surface area (Å²) in [7, 11) is 1.71. The van der Waals surface area contributed by atoms with Gasteiger partial charge in [-0.3, -0.25) is 4.79 Å². The fourth-order valence-corrected chi connectivity index (χ4v) is 0.823. The lowest BCUT2D eigenvalue weighted by molar-refractivity contribution is -0.115. The van der Waals surface area contributed by atoms with Crippen LogP contribution >= 0.6 is 0 Å². The standard InChI is InChI=1S/C8H12N4O/c1-6-10-3-7(4-11-6)12-8(13)5-9-2/h3-4,9H,5H2,1-2H3,(H,12,13). The van der Waals surface area contributed by atoms with E-state index in [1.165, 1.54) is 0 Å². The fourth-order valence-electron chi connectivity index (χ4n) is 0.823. The molecule has 5 heteroatoms. The highest BCUT2D eigenvalue weighted by Crippen LogP contribution is 2.01. The monoisotopic (exact) mass is 180 g/mol. The van der Waals surface area contributed by atoms with Crippen LogP contribution in [-0.4, -0.2) is 29.5 Å². The summed E-state index contributed by atoms with van der Waals surface area (Å²) in [6.07, 6.45) is 3.16. The molecule has 5 nitrogen and oxygen atoms in total. The Morgan fingerprint density at radius 3 is 2.62 bits per heavy atom. The van der Waals surface area contributed by atoms with Crippen LogP contribution in [0.3, 0.4) is 0 Å². The number of hydrogen-bond acceptors (Lipinski definition) is 4. The van der Waals surface area contributed by atoms with Crippen LogP contribution in [0.25, 0.3) is 0 Å². The van der Waals surface area contributed by atoms with Crippen LogP contribution in [0.2, 0.25) is 0 Å².